The molecule has 1 heterocycles. The number of carbonyl (C=O) groups excluding carboxylic acids is 1. The predicted molar refractivity (Wildman–Crippen MR) is 76.4 cm³/mol. The van der Waals surface area contributed by atoms with Gasteiger partial charge in [0.05, 0.1) is 18.6 Å². The average molecular weight is 285 g/mol. The van der Waals surface area contributed by atoms with Crippen LogP contribution >= 0.6 is 0 Å². The molecule has 0 bridgehead atoms. The van der Waals surface area contributed by atoms with E-state index in [1.165, 1.54) is 0 Å². The lowest BCUT2D eigenvalue weighted by Gasteiger charge is -2.33. The van der Waals surface area contributed by atoms with Gasteiger partial charge in [0.2, 0.25) is 5.91 Å². The van der Waals surface area contributed by atoms with Crippen molar-refractivity contribution in [2.24, 2.45) is 5.92 Å². The summed E-state index contributed by atoms with van der Waals surface area (Å²) in [5, 5.41) is 11.9. The number of carbonyl (C=O) groups is 2. The zero-order chi connectivity index (χ0) is 15.3. The van der Waals surface area contributed by atoms with Gasteiger partial charge in [-0.3, -0.25) is 9.59 Å². The minimum Gasteiger partial charge on any atom is -0.481 e. The van der Waals surface area contributed by atoms with Crippen LogP contribution in [0, 0.1) is 5.92 Å². The molecule has 1 rings (SSSR count). The first-order chi connectivity index (χ1) is 9.23. The number of carboxylic acid groups (broad SMARTS) is 1. The van der Waals surface area contributed by atoms with Crippen molar-refractivity contribution in [3.63, 3.8) is 0 Å². The minimum absolute atomic E-state index is 0.0605. The molecule has 1 amide bonds. The zero-order valence-electron chi connectivity index (χ0n) is 12.9. The van der Waals surface area contributed by atoms with E-state index in [1.807, 2.05) is 20.8 Å². The van der Waals surface area contributed by atoms with Gasteiger partial charge < -0.3 is 15.2 Å². The summed E-state index contributed by atoms with van der Waals surface area (Å²) >= 11 is 0. The lowest BCUT2D eigenvalue weighted by Crippen LogP contribution is -2.51. The molecular formula is C15H27NO4. The topological polar surface area (TPSA) is 75.6 Å². The van der Waals surface area contributed by atoms with E-state index in [9.17, 15) is 9.59 Å². The second-order valence-corrected chi connectivity index (χ2v) is 6.38. The van der Waals surface area contributed by atoms with Crippen LogP contribution in [0.5, 0.6) is 0 Å². The van der Waals surface area contributed by atoms with Gasteiger partial charge in [-0.05, 0) is 39.0 Å². The Morgan fingerprint density at radius 2 is 2.05 bits per heavy atom. The van der Waals surface area contributed by atoms with Crippen molar-refractivity contribution in [3.8, 4) is 0 Å². The van der Waals surface area contributed by atoms with Gasteiger partial charge in [-0.1, -0.05) is 13.8 Å². The number of amides is 1. The van der Waals surface area contributed by atoms with Crippen LogP contribution in [-0.2, 0) is 14.3 Å². The second kappa shape index (κ2) is 7.07. The third-order valence-electron chi connectivity index (χ3n) is 4.23. The SMILES string of the molecule is CC1CCC(CCC(=O)NC(C)(CC(=O)O)C(C)C)O1. The highest BCUT2D eigenvalue weighted by Gasteiger charge is 2.33. The maximum absolute atomic E-state index is 12.0. The average Bonchev–Trinajstić information content (AvgIpc) is 2.71. The fourth-order valence-electron chi connectivity index (χ4n) is 2.48. The number of carboxylic acids is 1. The fraction of sp³-hybridized carbons (Fsp3) is 0.867. The molecule has 0 aromatic heterocycles. The first-order valence-electron chi connectivity index (χ1n) is 7.41. The van der Waals surface area contributed by atoms with Crippen LogP contribution in [0.1, 0.15) is 59.8 Å². The monoisotopic (exact) mass is 285 g/mol. The molecule has 1 aliphatic heterocycles. The van der Waals surface area contributed by atoms with E-state index >= 15 is 0 Å². The zero-order valence-corrected chi connectivity index (χ0v) is 12.9. The number of hydrogen-bond donors (Lipinski definition) is 2. The Balaban J connectivity index is 2.44. The van der Waals surface area contributed by atoms with Crippen molar-refractivity contribution >= 4 is 11.9 Å². The van der Waals surface area contributed by atoms with Gasteiger partial charge in [0, 0.05) is 12.0 Å². The summed E-state index contributed by atoms with van der Waals surface area (Å²) in [6.45, 7) is 7.68. The van der Waals surface area contributed by atoms with E-state index in [0.29, 0.717) is 12.8 Å². The molecule has 0 aliphatic carbocycles. The summed E-state index contributed by atoms with van der Waals surface area (Å²) in [6.07, 6.45) is 3.54. The van der Waals surface area contributed by atoms with Crippen LogP contribution < -0.4 is 5.32 Å². The van der Waals surface area contributed by atoms with Crippen LogP contribution in [0.15, 0.2) is 0 Å². The molecule has 0 aromatic carbocycles. The summed E-state index contributed by atoms with van der Waals surface area (Å²) in [6, 6.07) is 0. The molecule has 116 valence electrons. The molecule has 5 nitrogen and oxygen atoms in total. The lowest BCUT2D eigenvalue weighted by molar-refractivity contribution is -0.139. The molecule has 0 saturated carbocycles. The number of hydrogen-bond acceptors (Lipinski definition) is 3. The van der Waals surface area contributed by atoms with Gasteiger partial charge in [-0.2, -0.15) is 0 Å². The van der Waals surface area contributed by atoms with Gasteiger partial charge in [-0.15, -0.1) is 0 Å². The standard InChI is InChI=1S/C15H27NO4/c1-10(2)15(4,9-14(18)19)16-13(17)8-7-12-6-5-11(3)20-12/h10-12H,5-9H2,1-4H3,(H,16,17)(H,18,19). The third kappa shape index (κ3) is 5.12. The van der Waals surface area contributed by atoms with Crippen molar-refractivity contribution < 1.29 is 19.4 Å². The van der Waals surface area contributed by atoms with E-state index in [1.54, 1.807) is 6.92 Å². The lowest BCUT2D eigenvalue weighted by atomic mass is 9.85. The van der Waals surface area contributed by atoms with Crippen LogP contribution in [0.25, 0.3) is 0 Å². The number of nitrogens with one attached hydrogen (secondary N) is 1. The van der Waals surface area contributed by atoms with E-state index in [0.717, 1.165) is 12.8 Å². The van der Waals surface area contributed by atoms with Gasteiger partial charge in [-0.25, -0.2) is 0 Å². The Morgan fingerprint density at radius 1 is 1.40 bits per heavy atom. The highest BCUT2D eigenvalue weighted by Crippen LogP contribution is 2.24. The first kappa shape index (κ1) is 17.0. The number of rotatable bonds is 7. The van der Waals surface area contributed by atoms with Crippen LogP contribution in [0.3, 0.4) is 0 Å². The molecule has 1 saturated heterocycles. The Hall–Kier alpha value is -1.10. The van der Waals surface area contributed by atoms with Crippen molar-refractivity contribution in [1.82, 2.24) is 5.32 Å². The van der Waals surface area contributed by atoms with E-state index in [2.05, 4.69) is 5.32 Å². The van der Waals surface area contributed by atoms with Gasteiger partial charge in [0.25, 0.3) is 0 Å². The Labute approximate surface area is 121 Å². The van der Waals surface area contributed by atoms with Crippen molar-refractivity contribution in [2.75, 3.05) is 0 Å². The summed E-state index contributed by atoms with van der Waals surface area (Å²) < 4.78 is 5.68. The summed E-state index contributed by atoms with van der Waals surface area (Å²) in [5.74, 6) is -0.926. The fourth-order valence-corrected chi connectivity index (χ4v) is 2.48. The largest absolute Gasteiger partial charge is 0.481 e. The Morgan fingerprint density at radius 3 is 2.50 bits per heavy atom. The summed E-state index contributed by atoms with van der Waals surface area (Å²) in [7, 11) is 0. The Kier molecular flexibility index (Phi) is 5.99. The highest BCUT2D eigenvalue weighted by atomic mass is 16.5. The van der Waals surface area contributed by atoms with Crippen molar-refractivity contribution in [3.05, 3.63) is 0 Å². The van der Waals surface area contributed by atoms with Gasteiger partial charge in [0.15, 0.2) is 0 Å². The van der Waals surface area contributed by atoms with Gasteiger partial charge in [0.1, 0.15) is 0 Å². The Bertz CT molecular complexity index is 356. The van der Waals surface area contributed by atoms with E-state index in [-0.39, 0.29) is 30.5 Å². The molecule has 3 atom stereocenters. The quantitative estimate of drug-likeness (QED) is 0.753. The number of ether oxygens (including phenoxy) is 1. The maximum atomic E-state index is 12.0. The molecule has 0 aromatic rings. The highest BCUT2D eigenvalue weighted by molar-refractivity contribution is 5.78. The van der Waals surface area contributed by atoms with E-state index < -0.39 is 11.5 Å². The molecular weight excluding hydrogens is 258 g/mol. The molecule has 0 spiro atoms. The molecule has 2 N–H and O–H groups in total. The van der Waals surface area contributed by atoms with Crippen LogP contribution in [0.2, 0.25) is 0 Å². The smallest absolute Gasteiger partial charge is 0.305 e. The molecule has 1 fully saturated rings. The van der Waals surface area contributed by atoms with Crippen LogP contribution in [0.4, 0.5) is 0 Å². The second-order valence-electron chi connectivity index (χ2n) is 6.38. The third-order valence-corrected chi connectivity index (χ3v) is 4.23. The van der Waals surface area contributed by atoms with Crippen molar-refractivity contribution in [1.29, 1.82) is 0 Å². The molecule has 1 aliphatic rings. The maximum Gasteiger partial charge on any atom is 0.305 e. The number of aliphatic carboxylic acids is 1. The summed E-state index contributed by atoms with van der Waals surface area (Å²) in [5.41, 5.74) is -0.702. The van der Waals surface area contributed by atoms with Crippen molar-refractivity contribution in [2.45, 2.75) is 77.5 Å². The summed E-state index contributed by atoms with van der Waals surface area (Å²) in [4.78, 5) is 23.0. The predicted octanol–water partition coefficient (Wildman–Crippen LogP) is 2.34. The normalized spacial score (nSPS) is 25.4. The molecule has 0 radical (unpaired) electrons. The van der Waals surface area contributed by atoms with Gasteiger partial charge >= 0.3 is 5.97 Å². The van der Waals surface area contributed by atoms with Crippen LogP contribution in [-0.4, -0.2) is 34.7 Å². The van der Waals surface area contributed by atoms with E-state index in [4.69, 9.17) is 9.84 Å². The molecule has 20 heavy (non-hydrogen) atoms. The minimum atomic E-state index is -0.894. The molecule has 3 unspecified atom stereocenters. The first-order valence-corrected chi connectivity index (χ1v) is 7.41. The molecule has 5 heteroatoms.